The fourth-order valence-corrected chi connectivity index (χ4v) is 1.75. The third-order valence-electron chi connectivity index (χ3n) is 1.38. The number of hydrogen-bond acceptors (Lipinski definition) is 2. The third kappa shape index (κ3) is 3.55. The van der Waals surface area contributed by atoms with Gasteiger partial charge < -0.3 is 5.32 Å². The van der Waals surface area contributed by atoms with Crippen molar-refractivity contribution >= 4 is 40.4 Å². The highest BCUT2D eigenvalue weighted by atomic mass is 35.5. The van der Waals surface area contributed by atoms with Crippen LogP contribution in [0.25, 0.3) is 0 Å². The van der Waals surface area contributed by atoms with Gasteiger partial charge >= 0.3 is 0 Å². The quantitative estimate of drug-likeness (QED) is 0.805. The van der Waals surface area contributed by atoms with Crippen LogP contribution >= 0.6 is 34.5 Å². The molecule has 0 saturated carbocycles. The van der Waals surface area contributed by atoms with Crippen molar-refractivity contribution < 1.29 is 4.79 Å². The first-order chi connectivity index (χ1) is 6.09. The van der Waals surface area contributed by atoms with E-state index in [1.807, 2.05) is 13.0 Å². The molecular weight excluding hydrogens is 229 g/mol. The minimum atomic E-state index is -0.551. The summed E-state index contributed by atoms with van der Waals surface area (Å²) < 4.78 is 0. The van der Waals surface area contributed by atoms with Gasteiger partial charge in [-0.15, -0.1) is 34.5 Å². The number of amides is 1. The van der Waals surface area contributed by atoms with Crippen LogP contribution in [-0.2, 0) is 0 Å². The van der Waals surface area contributed by atoms with Crippen LogP contribution in [0.5, 0.6) is 0 Å². The van der Waals surface area contributed by atoms with Crippen LogP contribution in [0.3, 0.4) is 0 Å². The van der Waals surface area contributed by atoms with E-state index in [1.54, 1.807) is 6.07 Å². The number of nitrogens with one attached hydrogen (secondary N) is 1. The molecule has 0 aliphatic rings. The number of alkyl halides is 2. The SMILES string of the molecule is Cc1ccc(C(=O)NCC(Cl)Cl)s1. The van der Waals surface area contributed by atoms with E-state index in [0.717, 1.165) is 4.88 Å². The zero-order valence-corrected chi connectivity index (χ0v) is 9.34. The predicted molar refractivity (Wildman–Crippen MR) is 56.9 cm³/mol. The summed E-state index contributed by atoms with van der Waals surface area (Å²) in [5.74, 6) is -0.121. The van der Waals surface area contributed by atoms with Crippen molar-refractivity contribution in [1.29, 1.82) is 0 Å². The molecule has 1 heterocycles. The summed E-state index contributed by atoms with van der Waals surface area (Å²) in [5.41, 5.74) is 0. The predicted octanol–water partition coefficient (Wildman–Crippen LogP) is 2.59. The second kappa shape index (κ2) is 4.84. The van der Waals surface area contributed by atoms with Crippen LogP contribution in [-0.4, -0.2) is 17.3 Å². The van der Waals surface area contributed by atoms with Crippen LogP contribution in [0.2, 0.25) is 0 Å². The molecule has 5 heteroatoms. The van der Waals surface area contributed by atoms with Gasteiger partial charge in [-0.25, -0.2) is 0 Å². The molecule has 1 aromatic rings. The largest absolute Gasteiger partial charge is 0.349 e. The summed E-state index contributed by atoms with van der Waals surface area (Å²) in [5, 5.41) is 2.62. The second-order valence-electron chi connectivity index (χ2n) is 2.51. The lowest BCUT2D eigenvalue weighted by atomic mass is 10.4. The molecule has 0 aromatic carbocycles. The Balaban J connectivity index is 2.49. The van der Waals surface area contributed by atoms with Crippen molar-refractivity contribution in [2.75, 3.05) is 6.54 Å². The van der Waals surface area contributed by atoms with Gasteiger partial charge in [-0.2, -0.15) is 0 Å². The standard InChI is InChI=1S/C8H9Cl2NOS/c1-5-2-3-6(13-5)8(12)11-4-7(9)10/h2-3,7H,4H2,1H3,(H,11,12). The lowest BCUT2D eigenvalue weighted by Gasteiger charge is -2.02. The Labute approximate surface area is 90.8 Å². The summed E-state index contributed by atoms with van der Waals surface area (Å²) in [6.45, 7) is 2.23. The molecule has 0 aliphatic heterocycles. The summed E-state index contributed by atoms with van der Waals surface area (Å²) >= 11 is 12.4. The van der Waals surface area contributed by atoms with Crippen molar-refractivity contribution in [3.63, 3.8) is 0 Å². The zero-order valence-electron chi connectivity index (χ0n) is 7.01. The molecule has 72 valence electrons. The number of carbonyl (C=O) groups is 1. The first-order valence-corrected chi connectivity index (χ1v) is 5.41. The summed E-state index contributed by atoms with van der Waals surface area (Å²) in [6.07, 6.45) is 0. The average Bonchev–Trinajstić information content (AvgIpc) is 2.47. The summed E-state index contributed by atoms with van der Waals surface area (Å²) in [4.78, 5) is 12.6. The van der Waals surface area contributed by atoms with E-state index in [-0.39, 0.29) is 12.5 Å². The maximum absolute atomic E-state index is 11.3. The molecule has 0 aliphatic carbocycles. The van der Waals surface area contributed by atoms with E-state index in [2.05, 4.69) is 5.32 Å². The highest BCUT2D eigenvalue weighted by molar-refractivity contribution is 7.13. The van der Waals surface area contributed by atoms with E-state index < -0.39 is 4.84 Å². The van der Waals surface area contributed by atoms with Gasteiger partial charge in [-0.05, 0) is 19.1 Å². The highest BCUT2D eigenvalue weighted by Crippen LogP contribution is 2.14. The molecule has 1 rings (SSSR count). The molecule has 0 spiro atoms. The van der Waals surface area contributed by atoms with Gasteiger partial charge in [0.2, 0.25) is 0 Å². The lowest BCUT2D eigenvalue weighted by Crippen LogP contribution is -2.26. The van der Waals surface area contributed by atoms with Crippen LogP contribution in [0.1, 0.15) is 14.5 Å². The van der Waals surface area contributed by atoms with Crippen molar-refractivity contribution in [3.05, 3.63) is 21.9 Å². The minimum Gasteiger partial charge on any atom is -0.349 e. The maximum atomic E-state index is 11.3. The lowest BCUT2D eigenvalue weighted by molar-refractivity contribution is 0.0959. The Bertz CT molecular complexity index is 298. The fourth-order valence-electron chi connectivity index (χ4n) is 0.814. The molecule has 0 atom stereocenters. The van der Waals surface area contributed by atoms with Crippen LogP contribution in [0, 0.1) is 6.92 Å². The van der Waals surface area contributed by atoms with E-state index in [9.17, 15) is 4.79 Å². The normalized spacial score (nSPS) is 10.5. The Hall–Kier alpha value is -0.250. The average molecular weight is 238 g/mol. The molecule has 1 amide bonds. The van der Waals surface area contributed by atoms with E-state index in [0.29, 0.717) is 4.88 Å². The maximum Gasteiger partial charge on any atom is 0.261 e. The minimum absolute atomic E-state index is 0.121. The van der Waals surface area contributed by atoms with Gasteiger partial charge in [-0.1, -0.05) is 0 Å². The Morgan fingerprint density at radius 3 is 2.77 bits per heavy atom. The number of halogens is 2. The summed E-state index contributed by atoms with van der Waals surface area (Å²) in [6, 6.07) is 3.69. The van der Waals surface area contributed by atoms with Gasteiger partial charge in [0.1, 0.15) is 4.84 Å². The number of carbonyl (C=O) groups excluding carboxylic acids is 1. The first kappa shape index (κ1) is 10.8. The molecule has 0 saturated heterocycles. The molecular formula is C8H9Cl2NOS. The molecule has 2 nitrogen and oxygen atoms in total. The van der Waals surface area contributed by atoms with E-state index in [4.69, 9.17) is 23.2 Å². The topological polar surface area (TPSA) is 29.1 Å². The smallest absolute Gasteiger partial charge is 0.261 e. The van der Waals surface area contributed by atoms with E-state index in [1.165, 1.54) is 11.3 Å². The fraction of sp³-hybridized carbons (Fsp3) is 0.375. The number of thiophene rings is 1. The molecule has 1 N–H and O–H groups in total. The molecule has 1 aromatic heterocycles. The zero-order chi connectivity index (χ0) is 9.84. The Morgan fingerprint density at radius 2 is 2.31 bits per heavy atom. The number of hydrogen-bond donors (Lipinski definition) is 1. The number of rotatable bonds is 3. The van der Waals surface area contributed by atoms with Crippen molar-refractivity contribution in [2.24, 2.45) is 0 Å². The van der Waals surface area contributed by atoms with Gasteiger partial charge in [0.15, 0.2) is 0 Å². The van der Waals surface area contributed by atoms with Gasteiger partial charge in [0.25, 0.3) is 5.91 Å². The van der Waals surface area contributed by atoms with Gasteiger partial charge in [0, 0.05) is 11.4 Å². The van der Waals surface area contributed by atoms with Crippen molar-refractivity contribution in [3.8, 4) is 0 Å². The molecule has 0 radical (unpaired) electrons. The third-order valence-corrected chi connectivity index (χ3v) is 2.69. The van der Waals surface area contributed by atoms with Crippen molar-refractivity contribution in [1.82, 2.24) is 5.32 Å². The number of aryl methyl sites for hydroxylation is 1. The van der Waals surface area contributed by atoms with Gasteiger partial charge in [-0.3, -0.25) is 4.79 Å². The van der Waals surface area contributed by atoms with Gasteiger partial charge in [0.05, 0.1) is 4.88 Å². The molecule has 13 heavy (non-hydrogen) atoms. The van der Waals surface area contributed by atoms with Crippen molar-refractivity contribution in [2.45, 2.75) is 11.8 Å². The molecule has 0 unspecified atom stereocenters. The Kier molecular flexibility index (Phi) is 4.03. The van der Waals surface area contributed by atoms with Crippen LogP contribution < -0.4 is 5.32 Å². The Morgan fingerprint density at radius 1 is 1.62 bits per heavy atom. The van der Waals surface area contributed by atoms with E-state index >= 15 is 0 Å². The monoisotopic (exact) mass is 237 g/mol. The van der Waals surface area contributed by atoms with Crippen LogP contribution in [0.4, 0.5) is 0 Å². The molecule has 0 bridgehead atoms. The van der Waals surface area contributed by atoms with Crippen LogP contribution in [0.15, 0.2) is 12.1 Å². The summed E-state index contributed by atoms with van der Waals surface area (Å²) in [7, 11) is 0. The second-order valence-corrected chi connectivity index (χ2v) is 5.08. The molecule has 0 fully saturated rings. The highest BCUT2D eigenvalue weighted by Gasteiger charge is 2.08. The first-order valence-electron chi connectivity index (χ1n) is 3.72.